The van der Waals surface area contributed by atoms with Crippen molar-refractivity contribution in [2.75, 3.05) is 20.2 Å². The van der Waals surface area contributed by atoms with Crippen molar-refractivity contribution in [3.8, 4) is 5.75 Å². The van der Waals surface area contributed by atoms with Crippen molar-refractivity contribution in [1.29, 1.82) is 0 Å². The van der Waals surface area contributed by atoms with Gasteiger partial charge in [-0.3, -0.25) is 9.69 Å². The molecule has 0 aromatic heterocycles. The zero-order chi connectivity index (χ0) is 19.9. The van der Waals surface area contributed by atoms with Gasteiger partial charge in [0.15, 0.2) is 0 Å². The number of amides is 1. The van der Waals surface area contributed by atoms with Crippen LogP contribution in [-0.4, -0.2) is 31.0 Å². The summed E-state index contributed by atoms with van der Waals surface area (Å²) < 4.78 is 5.22. The number of ether oxygens (including phenoxy) is 1. The molecule has 1 aliphatic heterocycles. The van der Waals surface area contributed by atoms with Gasteiger partial charge in [-0.25, -0.2) is 0 Å². The van der Waals surface area contributed by atoms with E-state index in [1.54, 1.807) is 7.11 Å². The van der Waals surface area contributed by atoms with Crippen molar-refractivity contribution in [2.45, 2.75) is 38.8 Å². The van der Waals surface area contributed by atoms with Gasteiger partial charge in [0.1, 0.15) is 5.75 Å². The lowest BCUT2D eigenvalue weighted by molar-refractivity contribution is -0.127. The van der Waals surface area contributed by atoms with Crippen molar-refractivity contribution in [3.05, 3.63) is 64.7 Å². The molecule has 0 radical (unpaired) electrons. The molecule has 0 saturated carbocycles. The van der Waals surface area contributed by atoms with Crippen LogP contribution in [0.1, 0.15) is 43.4 Å². The zero-order valence-corrected chi connectivity index (χ0v) is 17.4. The second-order valence-corrected chi connectivity index (χ2v) is 7.86. The summed E-state index contributed by atoms with van der Waals surface area (Å²) in [6, 6.07) is 16.0. The van der Waals surface area contributed by atoms with E-state index in [1.165, 1.54) is 5.56 Å². The van der Waals surface area contributed by atoms with Gasteiger partial charge in [-0.1, -0.05) is 42.8 Å². The first kappa shape index (κ1) is 20.7. The molecular formula is C23H29ClN2O2. The van der Waals surface area contributed by atoms with E-state index in [0.29, 0.717) is 0 Å². The maximum absolute atomic E-state index is 12.8. The van der Waals surface area contributed by atoms with Gasteiger partial charge in [0.05, 0.1) is 13.2 Å². The number of likely N-dealkylation sites (tertiary alicyclic amines) is 1. The van der Waals surface area contributed by atoms with Gasteiger partial charge < -0.3 is 10.1 Å². The van der Waals surface area contributed by atoms with Gasteiger partial charge in [-0.05, 0) is 67.7 Å². The van der Waals surface area contributed by atoms with Crippen molar-refractivity contribution < 1.29 is 9.53 Å². The Labute approximate surface area is 172 Å². The first-order chi connectivity index (χ1) is 13.6. The van der Waals surface area contributed by atoms with Gasteiger partial charge >= 0.3 is 0 Å². The molecule has 0 unspecified atom stereocenters. The van der Waals surface area contributed by atoms with E-state index in [4.69, 9.17) is 16.3 Å². The smallest absolute Gasteiger partial charge is 0.223 e. The molecule has 5 heteroatoms. The lowest BCUT2D eigenvalue weighted by Crippen LogP contribution is -2.41. The number of nitrogens with zero attached hydrogens (tertiary/aromatic N) is 1. The van der Waals surface area contributed by atoms with Gasteiger partial charge in [0.25, 0.3) is 0 Å². The molecule has 1 aliphatic rings. The minimum Gasteiger partial charge on any atom is -0.497 e. The molecule has 1 saturated heterocycles. The number of carbonyl (C=O) groups is 1. The number of rotatable bonds is 7. The Morgan fingerprint density at radius 2 is 1.93 bits per heavy atom. The fourth-order valence-corrected chi connectivity index (χ4v) is 4.01. The number of hydrogen-bond acceptors (Lipinski definition) is 3. The zero-order valence-electron chi connectivity index (χ0n) is 16.7. The topological polar surface area (TPSA) is 41.6 Å². The lowest BCUT2D eigenvalue weighted by atomic mass is 9.94. The van der Waals surface area contributed by atoms with Crippen LogP contribution in [0, 0.1) is 5.92 Å². The summed E-state index contributed by atoms with van der Waals surface area (Å²) in [5, 5.41) is 4.02. The minimum atomic E-state index is 0.0443. The maximum atomic E-state index is 12.8. The van der Waals surface area contributed by atoms with Crippen molar-refractivity contribution in [2.24, 2.45) is 5.92 Å². The Bertz CT molecular complexity index is 770. The third kappa shape index (κ3) is 5.49. The van der Waals surface area contributed by atoms with E-state index in [9.17, 15) is 4.79 Å². The lowest BCUT2D eigenvalue weighted by Gasteiger charge is -2.32. The monoisotopic (exact) mass is 400 g/mol. The van der Waals surface area contributed by atoms with Crippen LogP contribution in [-0.2, 0) is 11.3 Å². The molecule has 0 bridgehead atoms. The molecule has 1 atom stereocenters. The molecule has 0 spiro atoms. The van der Waals surface area contributed by atoms with E-state index < -0.39 is 0 Å². The van der Waals surface area contributed by atoms with Crippen LogP contribution in [0.3, 0.4) is 0 Å². The third-order valence-electron chi connectivity index (χ3n) is 5.50. The van der Waals surface area contributed by atoms with Crippen LogP contribution in [0.5, 0.6) is 5.75 Å². The standard InChI is InChI=1S/C23H29ClN2O2/c1-3-22(18-7-9-21(28-2)10-8-18)25-23(27)19-11-13-26(14-12-19)16-17-5-4-6-20(24)15-17/h4-10,15,19,22H,3,11-14,16H2,1-2H3,(H,25,27)/t22-/m0/s1. The minimum absolute atomic E-state index is 0.0443. The number of halogens is 1. The van der Waals surface area contributed by atoms with Crippen molar-refractivity contribution >= 4 is 17.5 Å². The van der Waals surface area contributed by atoms with Crippen LogP contribution in [0.2, 0.25) is 5.02 Å². The van der Waals surface area contributed by atoms with Crippen LogP contribution < -0.4 is 10.1 Å². The summed E-state index contributed by atoms with van der Waals surface area (Å²) in [7, 11) is 1.66. The van der Waals surface area contributed by atoms with Gasteiger partial charge in [-0.15, -0.1) is 0 Å². The second kappa shape index (κ2) is 9.94. The molecule has 28 heavy (non-hydrogen) atoms. The van der Waals surface area contributed by atoms with E-state index in [2.05, 4.69) is 23.2 Å². The quantitative estimate of drug-likeness (QED) is 0.723. The summed E-state index contributed by atoms with van der Waals surface area (Å²) in [6.45, 7) is 4.86. The van der Waals surface area contributed by atoms with E-state index in [1.807, 2.05) is 42.5 Å². The van der Waals surface area contributed by atoms with Gasteiger partial charge in [0.2, 0.25) is 5.91 Å². The van der Waals surface area contributed by atoms with Gasteiger partial charge in [0, 0.05) is 17.5 Å². The average molecular weight is 401 g/mol. The Morgan fingerprint density at radius 3 is 2.54 bits per heavy atom. The number of hydrogen-bond donors (Lipinski definition) is 1. The molecule has 1 fully saturated rings. The molecule has 1 amide bonds. The third-order valence-corrected chi connectivity index (χ3v) is 5.73. The Kier molecular flexibility index (Phi) is 7.35. The van der Waals surface area contributed by atoms with E-state index >= 15 is 0 Å². The highest BCUT2D eigenvalue weighted by molar-refractivity contribution is 6.30. The normalized spacial score (nSPS) is 16.5. The first-order valence-corrected chi connectivity index (χ1v) is 10.4. The summed E-state index contributed by atoms with van der Waals surface area (Å²) >= 11 is 6.08. The first-order valence-electron chi connectivity index (χ1n) is 10.00. The summed E-state index contributed by atoms with van der Waals surface area (Å²) in [4.78, 5) is 15.2. The highest BCUT2D eigenvalue weighted by atomic mass is 35.5. The predicted octanol–water partition coefficient (Wildman–Crippen LogP) is 4.83. The Balaban J connectivity index is 1.51. The summed E-state index contributed by atoms with van der Waals surface area (Å²) in [6.07, 6.45) is 2.66. The fourth-order valence-electron chi connectivity index (χ4n) is 3.79. The SMILES string of the molecule is CC[C@H](NC(=O)C1CCN(Cc2cccc(Cl)c2)CC1)c1ccc(OC)cc1. The average Bonchev–Trinajstić information content (AvgIpc) is 2.72. The molecule has 1 heterocycles. The highest BCUT2D eigenvalue weighted by Crippen LogP contribution is 2.24. The molecular weight excluding hydrogens is 372 g/mol. The predicted molar refractivity (Wildman–Crippen MR) is 114 cm³/mol. The number of carbonyl (C=O) groups excluding carboxylic acids is 1. The Hall–Kier alpha value is -2.04. The highest BCUT2D eigenvalue weighted by Gasteiger charge is 2.26. The fraction of sp³-hybridized carbons (Fsp3) is 0.435. The maximum Gasteiger partial charge on any atom is 0.223 e. The second-order valence-electron chi connectivity index (χ2n) is 7.42. The molecule has 4 nitrogen and oxygen atoms in total. The number of piperidine rings is 1. The van der Waals surface area contributed by atoms with Crippen LogP contribution >= 0.6 is 11.6 Å². The van der Waals surface area contributed by atoms with Crippen LogP contribution in [0.4, 0.5) is 0 Å². The molecule has 0 aliphatic carbocycles. The molecule has 150 valence electrons. The summed E-state index contributed by atoms with van der Waals surface area (Å²) in [5.74, 6) is 1.09. The number of nitrogens with one attached hydrogen (secondary N) is 1. The Morgan fingerprint density at radius 1 is 1.21 bits per heavy atom. The molecule has 3 rings (SSSR count). The van der Waals surface area contributed by atoms with Crippen LogP contribution in [0.25, 0.3) is 0 Å². The largest absolute Gasteiger partial charge is 0.497 e. The number of benzene rings is 2. The van der Waals surface area contributed by atoms with Crippen molar-refractivity contribution in [3.63, 3.8) is 0 Å². The van der Waals surface area contributed by atoms with E-state index in [-0.39, 0.29) is 17.9 Å². The van der Waals surface area contributed by atoms with E-state index in [0.717, 1.165) is 55.2 Å². The van der Waals surface area contributed by atoms with Gasteiger partial charge in [-0.2, -0.15) is 0 Å². The molecule has 2 aromatic rings. The summed E-state index contributed by atoms with van der Waals surface area (Å²) in [5.41, 5.74) is 2.34. The van der Waals surface area contributed by atoms with Crippen molar-refractivity contribution in [1.82, 2.24) is 10.2 Å². The molecule has 1 N–H and O–H groups in total. The van der Waals surface area contributed by atoms with Crippen LogP contribution in [0.15, 0.2) is 48.5 Å². The molecule has 2 aromatic carbocycles. The number of methoxy groups -OCH3 is 1.